The maximum Gasteiger partial charge on any atom is 0.0487 e. The van der Waals surface area contributed by atoms with E-state index in [4.69, 9.17) is 11.5 Å². The molecule has 0 bridgehead atoms. The predicted molar refractivity (Wildman–Crippen MR) is 53.9 cm³/mol. The van der Waals surface area contributed by atoms with E-state index in [9.17, 15) is 0 Å². The Morgan fingerprint density at radius 1 is 1.00 bits per heavy atom. The van der Waals surface area contributed by atoms with E-state index >= 15 is 0 Å². The van der Waals surface area contributed by atoms with Gasteiger partial charge in [0.25, 0.3) is 0 Å². The van der Waals surface area contributed by atoms with E-state index in [0.29, 0.717) is 0 Å². The van der Waals surface area contributed by atoms with Gasteiger partial charge in [0.2, 0.25) is 0 Å². The van der Waals surface area contributed by atoms with Crippen molar-refractivity contribution in [3.8, 4) is 0 Å². The van der Waals surface area contributed by atoms with Gasteiger partial charge in [-0.05, 0) is 30.3 Å². The smallest absolute Gasteiger partial charge is 0.0487 e. The zero-order chi connectivity index (χ0) is 9.52. The second kappa shape index (κ2) is 4.82. The number of nitrogens with two attached hydrogens (primary N) is 2. The Morgan fingerprint density at radius 2 is 1.54 bits per heavy atom. The van der Waals surface area contributed by atoms with Crippen molar-refractivity contribution in [2.45, 2.75) is 0 Å². The average Bonchev–Trinajstić information content (AvgIpc) is 2.68. The highest BCUT2D eigenvalue weighted by atomic mass is 15.1. The van der Waals surface area contributed by atoms with Crippen LogP contribution in [0.15, 0.2) is 42.7 Å². The third kappa shape index (κ3) is 3.81. The molecule has 4 nitrogen and oxygen atoms in total. The summed E-state index contributed by atoms with van der Waals surface area (Å²) >= 11 is 0. The van der Waals surface area contributed by atoms with Crippen LogP contribution < -0.4 is 11.5 Å². The van der Waals surface area contributed by atoms with Gasteiger partial charge in [0.15, 0.2) is 0 Å². The Kier molecular flexibility index (Phi) is 3.38. The lowest BCUT2D eigenvalue weighted by molar-refractivity contribution is 1.09. The molecule has 0 atom stereocenters. The van der Waals surface area contributed by atoms with Crippen LogP contribution in [0.2, 0.25) is 0 Å². The fraction of sp³-hybridized carbons (Fsp3) is 0. The molecule has 0 unspecified atom stereocenters. The minimum absolute atomic E-state index is 0.749. The molecule has 4 heteroatoms. The largest absolute Gasteiger partial charge is 0.399 e. The van der Waals surface area contributed by atoms with Crippen molar-refractivity contribution in [3.63, 3.8) is 0 Å². The topological polar surface area (TPSA) is 80.7 Å². The van der Waals surface area contributed by atoms with Crippen molar-refractivity contribution in [1.29, 1.82) is 0 Å². The van der Waals surface area contributed by atoms with E-state index in [2.05, 4.69) is 10.2 Å². The summed E-state index contributed by atoms with van der Waals surface area (Å²) in [7, 11) is 0. The molecule has 0 saturated carbocycles. The van der Waals surface area contributed by atoms with E-state index in [1.165, 1.54) is 0 Å². The average molecular weight is 176 g/mol. The monoisotopic (exact) mass is 176 g/mol. The predicted octanol–water partition coefficient (Wildman–Crippen LogP) is 1.26. The van der Waals surface area contributed by atoms with Gasteiger partial charge < -0.3 is 11.5 Å². The van der Waals surface area contributed by atoms with Crippen molar-refractivity contribution in [2.24, 2.45) is 0 Å². The first-order valence-corrected chi connectivity index (χ1v) is 3.84. The Labute approximate surface area is 76.6 Å². The zero-order valence-corrected chi connectivity index (χ0v) is 7.14. The number of nitrogen functional groups attached to an aromatic ring is 2. The van der Waals surface area contributed by atoms with E-state index < -0.39 is 0 Å². The molecule has 13 heavy (non-hydrogen) atoms. The van der Waals surface area contributed by atoms with E-state index in [0.717, 1.165) is 11.4 Å². The van der Waals surface area contributed by atoms with Crippen LogP contribution in [0.3, 0.4) is 0 Å². The molecule has 0 saturated heterocycles. The number of rotatable bonds is 0. The molecular formula is C9H12N4. The minimum atomic E-state index is 0.749. The quantitative estimate of drug-likeness (QED) is 0.528. The van der Waals surface area contributed by atoms with Crippen LogP contribution in [0, 0.1) is 0 Å². The van der Waals surface area contributed by atoms with Crippen molar-refractivity contribution in [3.05, 3.63) is 42.7 Å². The van der Waals surface area contributed by atoms with Gasteiger partial charge in [-0.3, -0.25) is 5.10 Å². The van der Waals surface area contributed by atoms with Crippen LogP contribution in [0.5, 0.6) is 0 Å². The minimum Gasteiger partial charge on any atom is -0.399 e. The highest BCUT2D eigenvalue weighted by Gasteiger charge is 1.80. The molecule has 5 N–H and O–H groups in total. The maximum absolute atomic E-state index is 5.37. The molecule has 1 aromatic carbocycles. The summed E-state index contributed by atoms with van der Waals surface area (Å²) in [5.74, 6) is 0. The lowest BCUT2D eigenvalue weighted by atomic mass is 10.3. The number of nitrogens with zero attached hydrogens (tertiary/aromatic N) is 1. The molecular weight excluding hydrogens is 164 g/mol. The number of aromatic amines is 1. The maximum atomic E-state index is 5.37. The molecule has 0 fully saturated rings. The molecule has 0 aliphatic carbocycles. The number of benzene rings is 1. The summed E-state index contributed by atoms with van der Waals surface area (Å²) < 4.78 is 0. The lowest BCUT2D eigenvalue weighted by Gasteiger charge is -1.90. The normalized spacial score (nSPS) is 8.62. The van der Waals surface area contributed by atoms with Gasteiger partial charge in [-0.25, -0.2) is 0 Å². The summed E-state index contributed by atoms with van der Waals surface area (Å²) in [6.07, 6.45) is 3.46. The van der Waals surface area contributed by atoms with Crippen molar-refractivity contribution in [1.82, 2.24) is 10.2 Å². The first-order chi connectivity index (χ1) is 6.29. The fourth-order valence-corrected chi connectivity index (χ4v) is 0.711. The van der Waals surface area contributed by atoms with Crippen LogP contribution in [0.4, 0.5) is 11.4 Å². The second-order valence-electron chi connectivity index (χ2n) is 2.43. The molecule has 0 spiro atoms. The molecule has 0 radical (unpaired) electrons. The fourth-order valence-electron chi connectivity index (χ4n) is 0.711. The molecule has 2 rings (SSSR count). The summed E-state index contributed by atoms with van der Waals surface area (Å²) in [6, 6.07) is 8.93. The second-order valence-corrected chi connectivity index (χ2v) is 2.43. The highest BCUT2D eigenvalue weighted by Crippen LogP contribution is 2.04. The summed E-state index contributed by atoms with van der Waals surface area (Å²) in [4.78, 5) is 0. The van der Waals surface area contributed by atoms with Gasteiger partial charge in [0, 0.05) is 23.8 Å². The van der Waals surface area contributed by atoms with E-state index in [-0.39, 0.29) is 0 Å². The molecule has 1 aromatic heterocycles. The van der Waals surface area contributed by atoms with Gasteiger partial charge in [0.1, 0.15) is 0 Å². The standard InChI is InChI=1S/C6H8N2.C3H4N2/c7-5-1-2-6(8)4-3-5;1-2-4-5-3-1/h1-4H,7-8H2;1-3H,(H,4,5). The van der Waals surface area contributed by atoms with Crippen molar-refractivity contribution < 1.29 is 0 Å². The van der Waals surface area contributed by atoms with Gasteiger partial charge >= 0.3 is 0 Å². The summed E-state index contributed by atoms with van der Waals surface area (Å²) in [6.45, 7) is 0. The third-order valence-corrected chi connectivity index (χ3v) is 1.34. The number of H-pyrrole nitrogens is 1. The number of hydrogen-bond donors (Lipinski definition) is 3. The lowest BCUT2D eigenvalue weighted by Crippen LogP contribution is -1.86. The van der Waals surface area contributed by atoms with Gasteiger partial charge in [0.05, 0.1) is 0 Å². The van der Waals surface area contributed by atoms with Gasteiger partial charge in [-0.15, -0.1) is 0 Å². The van der Waals surface area contributed by atoms with Crippen LogP contribution in [-0.4, -0.2) is 10.2 Å². The molecule has 0 aliphatic rings. The SMILES string of the molecule is Nc1ccc(N)cc1.c1cn[nH]c1. The van der Waals surface area contributed by atoms with Crippen LogP contribution in [0.25, 0.3) is 0 Å². The third-order valence-electron chi connectivity index (χ3n) is 1.34. The van der Waals surface area contributed by atoms with Crippen LogP contribution >= 0.6 is 0 Å². The Bertz CT molecular complexity index is 274. The molecule has 0 aliphatic heterocycles. The Morgan fingerprint density at radius 3 is 1.77 bits per heavy atom. The van der Waals surface area contributed by atoms with E-state index in [1.807, 2.05) is 6.07 Å². The highest BCUT2D eigenvalue weighted by molar-refractivity contribution is 5.47. The van der Waals surface area contributed by atoms with Crippen molar-refractivity contribution in [2.75, 3.05) is 11.5 Å². The zero-order valence-electron chi connectivity index (χ0n) is 7.14. The molecule has 0 amide bonds. The van der Waals surface area contributed by atoms with Crippen LogP contribution in [0.1, 0.15) is 0 Å². The van der Waals surface area contributed by atoms with Gasteiger partial charge in [-0.2, -0.15) is 5.10 Å². The summed E-state index contributed by atoms with van der Waals surface area (Å²) in [5.41, 5.74) is 12.2. The first-order valence-electron chi connectivity index (χ1n) is 3.84. The number of anilines is 2. The molecule has 1 heterocycles. The molecule has 2 aromatic rings. The summed E-state index contributed by atoms with van der Waals surface area (Å²) in [5, 5.41) is 6.21. The van der Waals surface area contributed by atoms with Crippen LogP contribution in [-0.2, 0) is 0 Å². The number of nitrogens with one attached hydrogen (secondary N) is 1. The van der Waals surface area contributed by atoms with Crippen molar-refractivity contribution >= 4 is 11.4 Å². The van der Waals surface area contributed by atoms with E-state index in [1.54, 1.807) is 36.7 Å². The first kappa shape index (κ1) is 9.12. The Hall–Kier alpha value is -1.97. The Balaban J connectivity index is 0.000000145. The number of aromatic nitrogens is 2. The van der Waals surface area contributed by atoms with Gasteiger partial charge in [-0.1, -0.05) is 0 Å². The molecule has 68 valence electrons. The number of hydrogen-bond acceptors (Lipinski definition) is 3.